The molecule has 18 heavy (non-hydrogen) atoms. The number of anilines is 1. The van der Waals surface area contributed by atoms with Crippen molar-refractivity contribution in [2.24, 2.45) is 0 Å². The summed E-state index contributed by atoms with van der Waals surface area (Å²) in [5.41, 5.74) is 3.49. The summed E-state index contributed by atoms with van der Waals surface area (Å²) in [5.74, 6) is 0. The molecule has 0 saturated carbocycles. The van der Waals surface area contributed by atoms with E-state index in [0.29, 0.717) is 0 Å². The van der Waals surface area contributed by atoms with Crippen molar-refractivity contribution < 1.29 is 0 Å². The SMILES string of the molecule is Cc1nc2cc(NCc3ccccc3)ccc2s1. The van der Waals surface area contributed by atoms with Crippen LogP contribution in [0.25, 0.3) is 10.2 Å². The zero-order valence-corrected chi connectivity index (χ0v) is 11.0. The first-order chi connectivity index (χ1) is 8.81. The maximum absolute atomic E-state index is 4.51. The van der Waals surface area contributed by atoms with Gasteiger partial charge in [0.1, 0.15) is 0 Å². The number of hydrogen-bond acceptors (Lipinski definition) is 3. The van der Waals surface area contributed by atoms with Gasteiger partial charge in [-0.2, -0.15) is 0 Å². The van der Waals surface area contributed by atoms with Gasteiger partial charge in [-0.1, -0.05) is 30.3 Å². The number of nitrogens with zero attached hydrogens (tertiary/aromatic N) is 1. The highest BCUT2D eigenvalue weighted by Gasteiger charge is 2.01. The fourth-order valence-electron chi connectivity index (χ4n) is 1.95. The fraction of sp³-hybridized carbons (Fsp3) is 0.133. The third-order valence-electron chi connectivity index (χ3n) is 2.83. The van der Waals surface area contributed by atoms with E-state index in [1.54, 1.807) is 11.3 Å². The second kappa shape index (κ2) is 4.78. The van der Waals surface area contributed by atoms with E-state index in [9.17, 15) is 0 Å². The third-order valence-corrected chi connectivity index (χ3v) is 3.79. The lowest BCUT2D eigenvalue weighted by Gasteiger charge is -2.06. The second-order valence-electron chi connectivity index (χ2n) is 4.25. The summed E-state index contributed by atoms with van der Waals surface area (Å²) in [7, 11) is 0. The van der Waals surface area contributed by atoms with Crippen molar-refractivity contribution in [2.45, 2.75) is 13.5 Å². The smallest absolute Gasteiger partial charge is 0.0907 e. The minimum atomic E-state index is 0.843. The van der Waals surface area contributed by atoms with Crippen molar-refractivity contribution in [1.82, 2.24) is 4.98 Å². The van der Waals surface area contributed by atoms with Gasteiger partial charge in [0.15, 0.2) is 0 Å². The van der Waals surface area contributed by atoms with Crippen LogP contribution in [0.1, 0.15) is 10.6 Å². The van der Waals surface area contributed by atoms with Crippen LogP contribution in [0.15, 0.2) is 48.5 Å². The molecular formula is C15H14N2S. The van der Waals surface area contributed by atoms with Crippen LogP contribution in [-0.4, -0.2) is 4.98 Å². The van der Waals surface area contributed by atoms with Crippen molar-refractivity contribution in [3.63, 3.8) is 0 Å². The Balaban J connectivity index is 1.78. The average Bonchev–Trinajstić information content (AvgIpc) is 2.77. The number of aromatic nitrogens is 1. The first-order valence-corrected chi connectivity index (χ1v) is 6.78. The molecule has 0 atom stereocenters. The van der Waals surface area contributed by atoms with E-state index in [1.165, 1.54) is 10.3 Å². The lowest BCUT2D eigenvalue weighted by atomic mass is 10.2. The van der Waals surface area contributed by atoms with Gasteiger partial charge >= 0.3 is 0 Å². The van der Waals surface area contributed by atoms with Crippen LogP contribution in [0.5, 0.6) is 0 Å². The molecule has 0 aliphatic heterocycles. The molecule has 3 heteroatoms. The number of benzene rings is 2. The van der Waals surface area contributed by atoms with Gasteiger partial charge in [0.25, 0.3) is 0 Å². The van der Waals surface area contributed by atoms with Gasteiger partial charge in [-0.3, -0.25) is 0 Å². The molecule has 0 aliphatic carbocycles. The van der Waals surface area contributed by atoms with E-state index in [0.717, 1.165) is 22.8 Å². The van der Waals surface area contributed by atoms with Crippen molar-refractivity contribution in [2.75, 3.05) is 5.32 Å². The largest absolute Gasteiger partial charge is 0.381 e. The predicted octanol–water partition coefficient (Wildman–Crippen LogP) is 4.22. The highest BCUT2D eigenvalue weighted by atomic mass is 32.1. The molecule has 0 unspecified atom stereocenters. The number of fused-ring (bicyclic) bond motifs is 1. The summed E-state index contributed by atoms with van der Waals surface area (Å²) in [6.07, 6.45) is 0. The Hall–Kier alpha value is -1.87. The van der Waals surface area contributed by atoms with E-state index in [1.807, 2.05) is 13.0 Å². The standard InChI is InChI=1S/C15H14N2S/c1-11-17-14-9-13(7-8-15(14)18-11)16-10-12-5-3-2-4-6-12/h2-9,16H,10H2,1H3. The van der Waals surface area contributed by atoms with Crippen LogP contribution in [0.4, 0.5) is 5.69 Å². The molecule has 0 saturated heterocycles. The maximum Gasteiger partial charge on any atom is 0.0907 e. The van der Waals surface area contributed by atoms with Crippen LogP contribution < -0.4 is 5.32 Å². The van der Waals surface area contributed by atoms with E-state index < -0.39 is 0 Å². The van der Waals surface area contributed by atoms with E-state index >= 15 is 0 Å². The molecule has 2 aromatic carbocycles. The molecule has 0 radical (unpaired) electrons. The lowest BCUT2D eigenvalue weighted by Crippen LogP contribution is -1.98. The van der Waals surface area contributed by atoms with Crippen LogP contribution in [-0.2, 0) is 6.54 Å². The van der Waals surface area contributed by atoms with Crippen LogP contribution in [0, 0.1) is 6.92 Å². The third kappa shape index (κ3) is 2.36. The van der Waals surface area contributed by atoms with Crippen molar-refractivity contribution in [3.05, 3.63) is 59.1 Å². The van der Waals surface area contributed by atoms with E-state index in [4.69, 9.17) is 0 Å². The maximum atomic E-state index is 4.51. The highest BCUT2D eigenvalue weighted by molar-refractivity contribution is 7.18. The predicted molar refractivity (Wildman–Crippen MR) is 78.1 cm³/mol. The fourth-order valence-corrected chi connectivity index (χ4v) is 2.76. The van der Waals surface area contributed by atoms with Crippen molar-refractivity contribution in [1.29, 1.82) is 0 Å². The Morgan fingerprint density at radius 2 is 1.94 bits per heavy atom. The number of nitrogens with one attached hydrogen (secondary N) is 1. The zero-order valence-electron chi connectivity index (χ0n) is 10.2. The number of hydrogen-bond donors (Lipinski definition) is 1. The van der Waals surface area contributed by atoms with Crippen LogP contribution >= 0.6 is 11.3 Å². The van der Waals surface area contributed by atoms with Gasteiger partial charge < -0.3 is 5.32 Å². The summed E-state index contributed by atoms with van der Waals surface area (Å²) < 4.78 is 1.25. The minimum absolute atomic E-state index is 0.843. The molecule has 3 rings (SSSR count). The molecule has 1 N–H and O–H groups in total. The summed E-state index contributed by atoms with van der Waals surface area (Å²) >= 11 is 1.74. The number of rotatable bonds is 3. The molecule has 0 amide bonds. The van der Waals surface area contributed by atoms with Gasteiger partial charge in [-0.25, -0.2) is 4.98 Å². The van der Waals surface area contributed by atoms with Crippen molar-refractivity contribution in [3.8, 4) is 0 Å². The van der Waals surface area contributed by atoms with Crippen LogP contribution in [0.2, 0.25) is 0 Å². The zero-order chi connectivity index (χ0) is 12.4. The Kier molecular flexibility index (Phi) is 2.99. The quantitative estimate of drug-likeness (QED) is 0.757. The van der Waals surface area contributed by atoms with Gasteiger partial charge in [-0.15, -0.1) is 11.3 Å². The van der Waals surface area contributed by atoms with Gasteiger partial charge in [0.05, 0.1) is 15.2 Å². The second-order valence-corrected chi connectivity index (χ2v) is 5.49. The highest BCUT2D eigenvalue weighted by Crippen LogP contribution is 2.24. The average molecular weight is 254 g/mol. The Morgan fingerprint density at radius 1 is 1.11 bits per heavy atom. The molecule has 90 valence electrons. The number of thiazole rings is 1. The molecule has 3 aromatic rings. The minimum Gasteiger partial charge on any atom is -0.381 e. The lowest BCUT2D eigenvalue weighted by molar-refractivity contribution is 1.15. The molecule has 2 nitrogen and oxygen atoms in total. The first-order valence-electron chi connectivity index (χ1n) is 5.96. The molecule has 0 bridgehead atoms. The summed E-state index contributed by atoms with van der Waals surface area (Å²) in [6.45, 7) is 2.89. The molecule has 1 heterocycles. The summed E-state index contributed by atoms with van der Waals surface area (Å²) in [4.78, 5) is 4.51. The molecule has 0 fully saturated rings. The molecule has 0 aliphatic rings. The van der Waals surface area contributed by atoms with Gasteiger partial charge in [0.2, 0.25) is 0 Å². The molecule has 1 aromatic heterocycles. The first kappa shape index (κ1) is 11.2. The Morgan fingerprint density at radius 3 is 2.78 bits per heavy atom. The molecular weight excluding hydrogens is 240 g/mol. The molecule has 0 spiro atoms. The summed E-state index contributed by atoms with van der Waals surface area (Å²) in [6, 6.07) is 16.8. The van der Waals surface area contributed by atoms with E-state index in [-0.39, 0.29) is 0 Å². The van der Waals surface area contributed by atoms with E-state index in [2.05, 4.69) is 52.8 Å². The topological polar surface area (TPSA) is 24.9 Å². The summed E-state index contributed by atoms with van der Waals surface area (Å²) in [5, 5.41) is 4.54. The Labute approximate surface area is 110 Å². The van der Waals surface area contributed by atoms with Gasteiger partial charge in [-0.05, 0) is 30.7 Å². The Bertz CT molecular complexity index is 659. The van der Waals surface area contributed by atoms with Crippen molar-refractivity contribution >= 4 is 27.2 Å². The monoisotopic (exact) mass is 254 g/mol. The normalized spacial score (nSPS) is 10.7. The van der Waals surface area contributed by atoms with Crippen LogP contribution in [0.3, 0.4) is 0 Å². The van der Waals surface area contributed by atoms with Gasteiger partial charge in [0, 0.05) is 12.2 Å². The number of aryl methyl sites for hydroxylation is 1.